The van der Waals surface area contributed by atoms with Gasteiger partial charge >= 0.3 is 0 Å². The van der Waals surface area contributed by atoms with Crippen molar-refractivity contribution in [2.75, 3.05) is 6.79 Å². The van der Waals surface area contributed by atoms with Gasteiger partial charge in [0.25, 0.3) is 0 Å². The Kier molecular flexibility index (Phi) is 3.26. The molecule has 1 aliphatic heterocycles. The van der Waals surface area contributed by atoms with E-state index in [0.717, 1.165) is 16.7 Å². The Balaban J connectivity index is 1.79. The molecule has 1 heterocycles. The minimum atomic E-state index is -1.66. The lowest BCUT2D eigenvalue weighted by Crippen LogP contribution is -2.34. The molecule has 0 radical (unpaired) electrons. The van der Waals surface area contributed by atoms with Gasteiger partial charge in [-0.05, 0) is 51.7 Å². The lowest BCUT2D eigenvalue weighted by atomic mass is 10.00. The molecule has 1 saturated heterocycles. The van der Waals surface area contributed by atoms with Crippen LogP contribution in [0.1, 0.15) is 13.3 Å². The Hall–Kier alpha value is -1.10. The molecule has 0 spiro atoms. The first kappa shape index (κ1) is 14.5. The molecule has 0 N–H and O–H groups in total. The SMILES string of the molecule is CC1=C([Si](C)(C)C2=CC=CC2)C2=CC3OCOC3=C(Br)C2=C1. The molecule has 1 fully saturated rings. The van der Waals surface area contributed by atoms with Gasteiger partial charge in [0.05, 0.1) is 4.48 Å². The van der Waals surface area contributed by atoms with Crippen molar-refractivity contribution in [3.05, 3.63) is 67.7 Å². The van der Waals surface area contributed by atoms with Crippen molar-refractivity contribution in [3.8, 4) is 0 Å². The monoisotopic (exact) mass is 374 g/mol. The second-order valence-corrected chi connectivity index (χ2v) is 11.9. The third-order valence-corrected chi connectivity index (χ3v) is 9.71. The zero-order valence-corrected chi connectivity index (χ0v) is 15.7. The van der Waals surface area contributed by atoms with Crippen LogP contribution in [-0.4, -0.2) is 21.0 Å². The van der Waals surface area contributed by atoms with Crippen LogP contribution in [-0.2, 0) is 9.47 Å². The first-order chi connectivity index (χ1) is 10.5. The van der Waals surface area contributed by atoms with Crippen molar-refractivity contribution in [1.82, 2.24) is 0 Å². The van der Waals surface area contributed by atoms with Gasteiger partial charge in [-0.2, -0.15) is 0 Å². The van der Waals surface area contributed by atoms with Crippen LogP contribution in [0.15, 0.2) is 67.7 Å². The fourth-order valence-corrected chi connectivity index (χ4v) is 7.97. The van der Waals surface area contributed by atoms with E-state index in [0.29, 0.717) is 6.79 Å². The van der Waals surface area contributed by atoms with Crippen LogP contribution >= 0.6 is 15.9 Å². The van der Waals surface area contributed by atoms with Crippen molar-refractivity contribution < 1.29 is 9.47 Å². The molecular formula is C18H19BrO2Si. The van der Waals surface area contributed by atoms with Crippen molar-refractivity contribution >= 4 is 24.0 Å². The molecule has 0 saturated carbocycles. The van der Waals surface area contributed by atoms with Crippen LogP contribution < -0.4 is 0 Å². The zero-order chi connectivity index (χ0) is 15.5. The van der Waals surface area contributed by atoms with Crippen LogP contribution in [0.25, 0.3) is 0 Å². The molecule has 3 aliphatic carbocycles. The summed E-state index contributed by atoms with van der Waals surface area (Å²) in [5, 5.41) is 3.15. The van der Waals surface area contributed by atoms with Crippen LogP contribution in [0.3, 0.4) is 0 Å². The molecular weight excluding hydrogens is 356 g/mol. The largest absolute Gasteiger partial charge is 0.468 e. The van der Waals surface area contributed by atoms with Gasteiger partial charge in [-0.3, -0.25) is 0 Å². The highest BCUT2D eigenvalue weighted by molar-refractivity contribution is 9.12. The summed E-state index contributed by atoms with van der Waals surface area (Å²) in [5.74, 6) is 0.922. The molecule has 22 heavy (non-hydrogen) atoms. The fourth-order valence-electron chi connectivity index (χ4n) is 3.89. The van der Waals surface area contributed by atoms with E-state index in [9.17, 15) is 0 Å². The molecule has 2 nitrogen and oxygen atoms in total. The molecule has 0 bridgehead atoms. The average molecular weight is 375 g/mol. The van der Waals surface area contributed by atoms with Crippen molar-refractivity contribution in [2.45, 2.75) is 32.5 Å². The van der Waals surface area contributed by atoms with E-state index < -0.39 is 8.07 Å². The van der Waals surface area contributed by atoms with Gasteiger partial charge in [0.2, 0.25) is 0 Å². The predicted octanol–water partition coefficient (Wildman–Crippen LogP) is 4.84. The second kappa shape index (κ2) is 4.95. The molecule has 1 unspecified atom stereocenters. The lowest BCUT2D eigenvalue weighted by Gasteiger charge is -2.31. The summed E-state index contributed by atoms with van der Waals surface area (Å²) < 4.78 is 12.4. The van der Waals surface area contributed by atoms with Gasteiger partial charge in [0, 0.05) is 0 Å². The van der Waals surface area contributed by atoms with E-state index in [4.69, 9.17) is 9.47 Å². The second-order valence-electron chi connectivity index (χ2n) is 6.67. The van der Waals surface area contributed by atoms with E-state index in [-0.39, 0.29) is 6.10 Å². The molecule has 4 aliphatic rings. The third-order valence-electron chi connectivity index (χ3n) is 5.01. The van der Waals surface area contributed by atoms with Crippen LogP contribution in [0, 0.1) is 0 Å². The van der Waals surface area contributed by atoms with Crippen molar-refractivity contribution in [3.63, 3.8) is 0 Å². The highest BCUT2D eigenvalue weighted by atomic mass is 79.9. The summed E-state index contributed by atoms with van der Waals surface area (Å²) in [6.45, 7) is 7.50. The molecule has 0 aromatic carbocycles. The molecule has 114 valence electrons. The van der Waals surface area contributed by atoms with Gasteiger partial charge in [0.1, 0.15) is 19.9 Å². The molecule has 0 amide bonds. The Morgan fingerprint density at radius 2 is 2.09 bits per heavy atom. The van der Waals surface area contributed by atoms with Gasteiger partial charge in [-0.1, -0.05) is 48.2 Å². The summed E-state index contributed by atoms with van der Waals surface area (Å²) >= 11 is 3.73. The standard InChI is InChI=1S/C18H19BrO2Si/c1-11-8-13-14(9-15-17(16(13)19)21-10-20-15)18(11)22(2,3)12-6-4-5-7-12/h4-6,8-9,15H,7,10H2,1-3H3. The predicted molar refractivity (Wildman–Crippen MR) is 95.0 cm³/mol. The van der Waals surface area contributed by atoms with Crippen molar-refractivity contribution in [2.24, 2.45) is 0 Å². The first-order valence-electron chi connectivity index (χ1n) is 7.66. The number of hydrogen-bond acceptors (Lipinski definition) is 2. The maximum absolute atomic E-state index is 5.71. The number of rotatable bonds is 2. The first-order valence-corrected chi connectivity index (χ1v) is 11.5. The fraction of sp³-hybridized carbons (Fsp3) is 0.333. The van der Waals surface area contributed by atoms with Gasteiger partial charge in [-0.15, -0.1) is 0 Å². The Morgan fingerprint density at radius 1 is 1.27 bits per heavy atom. The average Bonchev–Trinajstić information content (AvgIpc) is 3.16. The molecule has 4 rings (SSSR count). The summed E-state index contributed by atoms with van der Waals surface area (Å²) in [6.07, 6.45) is 12.4. The molecule has 0 aromatic rings. The number of allylic oxidation sites excluding steroid dienone is 10. The third kappa shape index (κ3) is 1.94. The molecule has 1 atom stereocenters. The number of fused-ring (bicyclic) bond motifs is 2. The Bertz CT molecular complexity index is 747. The van der Waals surface area contributed by atoms with E-state index in [1.165, 1.54) is 16.7 Å². The lowest BCUT2D eigenvalue weighted by molar-refractivity contribution is 0.0629. The van der Waals surface area contributed by atoms with Gasteiger partial charge < -0.3 is 9.47 Å². The van der Waals surface area contributed by atoms with Crippen LogP contribution in [0.4, 0.5) is 0 Å². The number of hydrogen-bond donors (Lipinski definition) is 0. The van der Waals surface area contributed by atoms with E-state index in [1.54, 1.807) is 10.4 Å². The topological polar surface area (TPSA) is 18.5 Å². The van der Waals surface area contributed by atoms with Crippen molar-refractivity contribution in [1.29, 1.82) is 0 Å². The number of halogens is 1. The van der Waals surface area contributed by atoms with E-state index >= 15 is 0 Å². The Morgan fingerprint density at radius 3 is 2.82 bits per heavy atom. The zero-order valence-electron chi connectivity index (χ0n) is 13.1. The summed E-state index contributed by atoms with van der Waals surface area (Å²) in [6, 6.07) is 0. The summed E-state index contributed by atoms with van der Waals surface area (Å²) in [5.41, 5.74) is 4.01. The van der Waals surface area contributed by atoms with E-state index in [1.807, 2.05) is 0 Å². The van der Waals surface area contributed by atoms with Gasteiger partial charge in [-0.25, -0.2) is 0 Å². The normalized spacial score (nSPS) is 26.7. The maximum Gasteiger partial charge on any atom is 0.190 e. The van der Waals surface area contributed by atoms with E-state index in [2.05, 4.69) is 66.3 Å². The Labute approximate surface area is 140 Å². The quantitative estimate of drug-likeness (QED) is 0.644. The number of ether oxygens (including phenoxy) is 2. The highest BCUT2D eigenvalue weighted by Crippen LogP contribution is 2.49. The molecule has 4 heteroatoms. The highest BCUT2D eigenvalue weighted by Gasteiger charge is 2.41. The smallest absolute Gasteiger partial charge is 0.190 e. The van der Waals surface area contributed by atoms with Gasteiger partial charge in [0.15, 0.2) is 6.79 Å². The minimum Gasteiger partial charge on any atom is -0.468 e. The van der Waals surface area contributed by atoms with Crippen LogP contribution in [0.2, 0.25) is 13.1 Å². The maximum atomic E-state index is 5.71. The molecule has 0 aromatic heterocycles. The summed E-state index contributed by atoms with van der Waals surface area (Å²) in [7, 11) is -1.66. The minimum absolute atomic E-state index is 0.0390. The van der Waals surface area contributed by atoms with Crippen LogP contribution in [0.5, 0.6) is 0 Å². The summed E-state index contributed by atoms with van der Waals surface area (Å²) in [4.78, 5) is 0.